The molecule has 1 aliphatic heterocycles. The number of ether oxygens (including phenoxy) is 3. The number of carbonyl (C=O) groups is 5. The smallest absolute Gasteiger partial charge is 0.407 e. The Hall–Kier alpha value is -4.00. The summed E-state index contributed by atoms with van der Waals surface area (Å²) in [6.45, 7) is 12.1. The molecule has 268 valence electrons. The van der Waals surface area contributed by atoms with Crippen LogP contribution in [0.25, 0.3) is 0 Å². The van der Waals surface area contributed by atoms with Gasteiger partial charge in [-0.25, -0.2) is 9.59 Å². The second-order valence-electron chi connectivity index (χ2n) is 12.4. The average molecular weight is 691 g/mol. The van der Waals surface area contributed by atoms with E-state index in [1.54, 1.807) is 24.3 Å². The lowest BCUT2D eigenvalue weighted by Gasteiger charge is -2.29. The highest BCUT2D eigenvalue weighted by molar-refractivity contribution is 7.80. The Bertz CT molecular complexity index is 1240. The summed E-state index contributed by atoms with van der Waals surface area (Å²) < 4.78 is 15.9. The van der Waals surface area contributed by atoms with Crippen molar-refractivity contribution >= 4 is 42.4 Å². The molecule has 12 nitrogen and oxygen atoms in total. The summed E-state index contributed by atoms with van der Waals surface area (Å²) in [7, 11) is 1.43. The van der Waals surface area contributed by atoms with Crippen LogP contribution in [0.1, 0.15) is 73.6 Å². The number of thiol groups is 1. The molecule has 4 amide bonds. The van der Waals surface area contributed by atoms with Crippen molar-refractivity contribution in [1.29, 1.82) is 0 Å². The minimum absolute atomic E-state index is 0.0220. The predicted octanol–water partition coefficient (Wildman–Crippen LogP) is 4.41. The first kappa shape index (κ1) is 42.0. The summed E-state index contributed by atoms with van der Waals surface area (Å²) in [6, 6.07) is -0.816. The van der Waals surface area contributed by atoms with Crippen LogP contribution >= 0.6 is 12.6 Å². The first-order valence-electron chi connectivity index (χ1n) is 16.3. The maximum atomic E-state index is 13.0. The van der Waals surface area contributed by atoms with Gasteiger partial charge in [0.05, 0.1) is 7.11 Å². The summed E-state index contributed by atoms with van der Waals surface area (Å²) in [6.07, 6.45) is 14.6. The third kappa shape index (κ3) is 17.2. The fourth-order valence-electron chi connectivity index (χ4n) is 4.46. The molecule has 0 radical (unpaired) electrons. The zero-order valence-corrected chi connectivity index (χ0v) is 30.2. The molecule has 0 saturated carbocycles. The molecule has 1 rings (SSSR count). The highest BCUT2D eigenvalue weighted by Gasteiger charge is 2.32. The number of rotatable bonds is 19. The first-order valence-corrected chi connectivity index (χ1v) is 16.9. The molecule has 1 heterocycles. The molecule has 0 bridgehead atoms. The maximum Gasteiger partial charge on any atom is 0.407 e. The quantitative estimate of drug-likeness (QED) is 0.0438. The normalized spacial score (nSPS) is 17.3. The first-order chi connectivity index (χ1) is 22.7. The lowest BCUT2D eigenvalue weighted by atomic mass is 9.86. The molecule has 13 heteroatoms. The van der Waals surface area contributed by atoms with E-state index in [4.69, 9.17) is 14.2 Å². The van der Waals surface area contributed by atoms with Gasteiger partial charge in [0.1, 0.15) is 18.2 Å². The van der Waals surface area contributed by atoms with Crippen LogP contribution in [0.15, 0.2) is 60.1 Å². The van der Waals surface area contributed by atoms with Gasteiger partial charge >= 0.3 is 12.1 Å². The molecule has 0 aromatic rings. The van der Waals surface area contributed by atoms with Crippen LogP contribution in [0.5, 0.6) is 0 Å². The zero-order valence-electron chi connectivity index (χ0n) is 29.3. The van der Waals surface area contributed by atoms with Gasteiger partial charge < -0.3 is 35.5 Å². The van der Waals surface area contributed by atoms with E-state index in [9.17, 15) is 24.0 Å². The number of hydrogen-bond acceptors (Lipinski definition) is 9. The van der Waals surface area contributed by atoms with Crippen LogP contribution in [0.2, 0.25) is 0 Å². The lowest BCUT2D eigenvalue weighted by Crippen LogP contribution is -2.52. The minimum Gasteiger partial charge on any atom is -0.490 e. The largest absolute Gasteiger partial charge is 0.490 e. The Balaban J connectivity index is 2.55. The summed E-state index contributed by atoms with van der Waals surface area (Å²) in [5.74, 6) is -0.670. The van der Waals surface area contributed by atoms with Gasteiger partial charge in [-0.1, -0.05) is 70.6 Å². The molecular weight excluding hydrogens is 636 g/mol. The van der Waals surface area contributed by atoms with Crippen LogP contribution in [-0.2, 0) is 33.4 Å². The van der Waals surface area contributed by atoms with E-state index in [1.165, 1.54) is 19.4 Å². The van der Waals surface area contributed by atoms with Crippen LogP contribution < -0.4 is 21.3 Å². The second-order valence-corrected chi connectivity index (χ2v) is 12.9. The third-order valence-corrected chi connectivity index (χ3v) is 7.44. The van der Waals surface area contributed by atoms with Crippen LogP contribution in [0, 0.1) is 11.3 Å². The zero-order chi connectivity index (χ0) is 36.1. The van der Waals surface area contributed by atoms with E-state index in [-0.39, 0.29) is 29.6 Å². The number of nitrogens with one attached hydrogen (secondary N) is 4. The molecule has 0 saturated heterocycles. The predicted molar refractivity (Wildman–Crippen MR) is 189 cm³/mol. The Labute approximate surface area is 290 Å². The van der Waals surface area contributed by atoms with Gasteiger partial charge in [0.25, 0.3) is 0 Å². The van der Waals surface area contributed by atoms with Crippen molar-refractivity contribution in [2.24, 2.45) is 11.3 Å². The Morgan fingerprint density at radius 2 is 1.81 bits per heavy atom. The SMILES string of the molecule is CC[C@@H](C/C=C\NC(=O)[C@@H](NC(=O)\C=C/C=C\C(C)=C\[C@H](C)[C@@H]1CC=C(OC)C(=O)O1)C(C)(C)C)OC(=O)NCCCNC(=O)CCS. The van der Waals surface area contributed by atoms with E-state index in [0.29, 0.717) is 50.9 Å². The number of cyclic esters (lactones) is 1. The molecule has 0 fully saturated rings. The van der Waals surface area contributed by atoms with Crippen molar-refractivity contribution in [2.45, 2.75) is 91.9 Å². The summed E-state index contributed by atoms with van der Waals surface area (Å²) in [4.78, 5) is 61.1. The van der Waals surface area contributed by atoms with Crippen LogP contribution in [0.3, 0.4) is 0 Å². The van der Waals surface area contributed by atoms with E-state index in [2.05, 4.69) is 33.9 Å². The number of carbonyl (C=O) groups excluding carboxylic acids is 5. The summed E-state index contributed by atoms with van der Waals surface area (Å²) in [5.41, 5.74) is 0.361. The highest BCUT2D eigenvalue weighted by atomic mass is 32.1. The van der Waals surface area contributed by atoms with Crippen molar-refractivity contribution in [3.05, 3.63) is 60.1 Å². The number of alkyl carbamates (subject to hydrolysis) is 1. The standard InChI is InChI=1S/C35H54N4O8S/c1-8-26(46-34(44)38-21-12-20-36-29(40)18-22-48)14-11-19-37-32(42)31(35(4,5)6)39-30(41)15-10-9-13-24(2)23-25(3)27-16-17-28(45-7)33(43)47-27/h9-11,13,15,17,19,23,25-27,31,48H,8,12,14,16,18,20-22H2,1-7H3,(H,36,40)(H,37,42)(H,38,44)(H,39,41)/b13-9-,15-10-,19-11-,24-23+/t25-,26-,27-,31+/m0/s1. The van der Waals surface area contributed by atoms with Gasteiger partial charge in [-0.3, -0.25) is 14.4 Å². The van der Waals surface area contributed by atoms with Crippen molar-refractivity contribution in [3.8, 4) is 0 Å². The van der Waals surface area contributed by atoms with Crippen molar-refractivity contribution < 1.29 is 38.2 Å². The van der Waals surface area contributed by atoms with Gasteiger partial charge in [0.15, 0.2) is 5.76 Å². The van der Waals surface area contributed by atoms with Crippen LogP contribution in [0.4, 0.5) is 4.79 Å². The molecule has 4 N–H and O–H groups in total. The third-order valence-electron chi connectivity index (χ3n) is 7.22. The van der Waals surface area contributed by atoms with Gasteiger partial charge in [-0.05, 0) is 43.2 Å². The molecule has 48 heavy (non-hydrogen) atoms. The van der Waals surface area contributed by atoms with Gasteiger partial charge in [-0.2, -0.15) is 12.6 Å². The highest BCUT2D eigenvalue weighted by Crippen LogP contribution is 2.23. The number of hydrogen-bond donors (Lipinski definition) is 5. The Morgan fingerprint density at radius 3 is 2.44 bits per heavy atom. The van der Waals surface area contributed by atoms with E-state index >= 15 is 0 Å². The molecule has 0 aromatic heterocycles. The lowest BCUT2D eigenvalue weighted by molar-refractivity contribution is -0.151. The fraction of sp³-hybridized carbons (Fsp3) is 0.571. The van der Waals surface area contributed by atoms with Crippen molar-refractivity contribution in [3.63, 3.8) is 0 Å². The average Bonchev–Trinajstić information content (AvgIpc) is 3.02. The molecule has 0 spiro atoms. The van der Waals surface area contributed by atoms with Gasteiger partial charge in [0.2, 0.25) is 17.7 Å². The van der Waals surface area contributed by atoms with Crippen LogP contribution in [-0.4, -0.2) is 74.0 Å². The molecule has 0 aromatic carbocycles. The van der Waals surface area contributed by atoms with Crippen molar-refractivity contribution in [2.75, 3.05) is 26.0 Å². The molecular formula is C35H54N4O8S. The maximum absolute atomic E-state index is 13.0. The molecule has 1 aliphatic rings. The molecule has 0 unspecified atom stereocenters. The van der Waals surface area contributed by atoms with Crippen molar-refractivity contribution in [1.82, 2.24) is 21.3 Å². The van der Waals surface area contributed by atoms with Gasteiger partial charge in [-0.15, -0.1) is 0 Å². The Kier molecular flexibility index (Phi) is 19.7. The minimum atomic E-state index is -0.816. The number of methoxy groups -OCH3 is 1. The molecule has 4 atom stereocenters. The number of esters is 1. The monoisotopic (exact) mass is 690 g/mol. The number of allylic oxidation sites excluding steroid dienone is 4. The second kappa shape index (κ2) is 22.5. The van der Waals surface area contributed by atoms with E-state index < -0.39 is 35.5 Å². The summed E-state index contributed by atoms with van der Waals surface area (Å²) >= 11 is 4.01. The van der Waals surface area contributed by atoms with E-state index in [1.807, 2.05) is 53.7 Å². The topological polar surface area (TPSA) is 161 Å². The van der Waals surface area contributed by atoms with Gasteiger partial charge in [0, 0.05) is 44.3 Å². The molecule has 0 aliphatic carbocycles. The van der Waals surface area contributed by atoms with E-state index in [0.717, 1.165) is 5.57 Å². The summed E-state index contributed by atoms with van der Waals surface area (Å²) in [5, 5.41) is 10.9. The Morgan fingerprint density at radius 1 is 1.12 bits per heavy atom. The number of amides is 4. The fourth-order valence-corrected chi connectivity index (χ4v) is 4.67.